The molecule has 0 saturated carbocycles. The lowest BCUT2D eigenvalue weighted by molar-refractivity contribution is -0.383. The molecule has 3 aromatic rings. The normalized spacial score (nSPS) is 10.4. The van der Waals surface area contributed by atoms with Gasteiger partial charge in [-0.2, -0.15) is 0 Å². The van der Waals surface area contributed by atoms with Crippen molar-refractivity contribution in [3.05, 3.63) is 57.9 Å². The zero-order chi connectivity index (χ0) is 17.1. The maximum atomic E-state index is 13.7. The van der Waals surface area contributed by atoms with Crippen LogP contribution in [0.2, 0.25) is 0 Å². The average Bonchev–Trinajstić information content (AvgIpc) is 3.03. The second-order valence-corrected chi connectivity index (χ2v) is 5.28. The van der Waals surface area contributed by atoms with Crippen molar-refractivity contribution in [2.24, 2.45) is 0 Å². The fourth-order valence-electron chi connectivity index (χ4n) is 1.84. The number of hydrogen-bond acceptors (Lipinski definition) is 8. The third-order valence-corrected chi connectivity index (χ3v) is 3.54. The van der Waals surface area contributed by atoms with Gasteiger partial charge in [-0.25, -0.2) is 23.7 Å². The Kier molecular flexibility index (Phi) is 4.24. The number of thiazole rings is 1. The number of halogens is 2. The second-order valence-electron chi connectivity index (χ2n) is 4.39. The highest BCUT2D eigenvalue weighted by atomic mass is 32.1. The van der Waals surface area contributed by atoms with Gasteiger partial charge in [-0.3, -0.25) is 10.1 Å². The number of nitrogens with zero attached hydrogens (tertiary/aromatic N) is 4. The van der Waals surface area contributed by atoms with Gasteiger partial charge in [-0.1, -0.05) is 0 Å². The van der Waals surface area contributed by atoms with E-state index in [1.54, 1.807) is 5.38 Å². The van der Waals surface area contributed by atoms with Crippen LogP contribution in [-0.4, -0.2) is 19.9 Å². The molecule has 122 valence electrons. The number of benzene rings is 1. The van der Waals surface area contributed by atoms with Crippen LogP contribution in [0.1, 0.15) is 0 Å². The van der Waals surface area contributed by atoms with E-state index in [2.05, 4.69) is 25.6 Å². The van der Waals surface area contributed by atoms with Crippen LogP contribution < -0.4 is 10.6 Å². The van der Waals surface area contributed by atoms with Gasteiger partial charge in [-0.05, 0) is 12.1 Å². The zero-order valence-corrected chi connectivity index (χ0v) is 12.6. The number of hydrogen-bond donors (Lipinski definition) is 2. The number of nitrogens with one attached hydrogen (secondary N) is 2. The first-order valence-corrected chi connectivity index (χ1v) is 7.30. The van der Waals surface area contributed by atoms with Crippen LogP contribution in [0.5, 0.6) is 0 Å². The Bertz CT molecular complexity index is 890. The summed E-state index contributed by atoms with van der Waals surface area (Å²) in [5.74, 6) is -2.01. The molecule has 0 spiro atoms. The number of nitro groups is 1. The molecule has 0 aliphatic rings. The van der Waals surface area contributed by atoms with E-state index in [0.717, 1.165) is 18.5 Å². The largest absolute Gasteiger partial charge is 0.353 e. The van der Waals surface area contributed by atoms with Gasteiger partial charge in [0, 0.05) is 17.6 Å². The van der Waals surface area contributed by atoms with Crippen molar-refractivity contribution in [1.29, 1.82) is 0 Å². The number of rotatable bonds is 5. The molecule has 2 heterocycles. The van der Waals surface area contributed by atoms with Crippen molar-refractivity contribution >= 4 is 39.5 Å². The smallest absolute Gasteiger partial charge is 0.332 e. The van der Waals surface area contributed by atoms with E-state index in [4.69, 9.17) is 0 Å². The molecule has 0 bridgehead atoms. The summed E-state index contributed by atoms with van der Waals surface area (Å²) in [7, 11) is 0. The van der Waals surface area contributed by atoms with E-state index in [1.807, 2.05) is 0 Å². The Balaban J connectivity index is 1.99. The molecule has 0 aliphatic heterocycles. The van der Waals surface area contributed by atoms with Gasteiger partial charge >= 0.3 is 5.69 Å². The number of anilines is 4. The number of aromatic nitrogens is 3. The van der Waals surface area contributed by atoms with Gasteiger partial charge in [0.15, 0.2) is 5.13 Å². The predicted molar refractivity (Wildman–Crippen MR) is 83.7 cm³/mol. The fourth-order valence-corrected chi connectivity index (χ4v) is 2.37. The Labute approximate surface area is 137 Å². The van der Waals surface area contributed by atoms with Crippen molar-refractivity contribution in [1.82, 2.24) is 15.0 Å². The molecule has 1 aromatic carbocycles. The molecule has 2 N–H and O–H groups in total. The molecule has 11 heteroatoms. The van der Waals surface area contributed by atoms with Gasteiger partial charge in [0.05, 0.1) is 10.6 Å². The van der Waals surface area contributed by atoms with Gasteiger partial charge in [0.25, 0.3) is 0 Å². The highest BCUT2D eigenvalue weighted by molar-refractivity contribution is 7.13. The first kappa shape index (κ1) is 15.7. The first-order chi connectivity index (χ1) is 11.5. The van der Waals surface area contributed by atoms with Crippen LogP contribution in [0.15, 0.2) is 36.1 Å². The van der Waals surface area contributed by atoms with Gasteiger partial charge in [0.1, 0.15) is 18.0 Å². The molecule has 8 nitrogen and oxygen atoms in total. The van der Waals surface area contributed by atoms with Crippen LogP contribution in [0.25, 0.3) is 0 Å². The maximum absolute atomic E-state index is 13.7. The van der Waals surface area contributed by atoms with Crippen molar-refractivity contribution in [3.63, 3.8) is 0 Å². The summed E-state index contributed by atoms with van der Waals surface area (Å²) >= 11 is 1.22. The van der Waals surface area contributed by atoms with E-state index < -0.39 is 22.2 Å². The van der Waals surface area contributed by atoms with Crippen LogP contribution >= 0.6 is 11.3 Å². The van der Waals surface area contributed by atoms with E-state index in [1.165, 1.54) is 17.5 Å². The summed E-state index contributed by atoms with van der Waals surface area (Å²) in [6.45, 7) is 0. The molecule has 0 radical (unpaired) electrons. The minimum absolute atomic E-state index is 0.102. The molecule has 0 amide bonds. The van der Waals surface area contributed by atoms with Crippen LogP contribution in [-0.2, 0) is 0 Å². The lowest BCUT2D eigenvalue weighted by atomic mass is 10.3. The quantitative estimate of drug-likeness (QED) is 0.535. The molecule has 0 fully saturated rings. The summed E-state index contributed by atoms with van der Waals surface area (Å²) in [6.07, 6.45) is 2.60. The van der Waals surface area contributed by atoms with Gasteiger partial charge in [-0.15, -0.1) is 11.3 Å². The monoisotopic (exact) mass is 350 g/mol. The summed E-state index contributed by atoms with van der Waals surface area (Å²) < 4.78 is 26.7. The molecule has 24 heavy (non-hydrogen) atoms. The van der Waals surface area contributed by atoms with Gasteiger partial charge < -0.3 is 10.6 Å². The highest BCUT2D eigenvalue weighted by Gasteiger charge is 2.24. The third kappa shape index (κ3) is 3.25. The first-order valence-electron chi connectivity index (χ1n) is 6.42. The van der Waals surface area contributed by atoms with E-state index in [0.29, 0.717) is 11.2 Å². The highest BCUT2D eigenvalue weighted by Crippen LogP contribution is 2.33. The summed E-state index contributed by atoms with van der Waals surface area (Å²) in [5.41, 5.74) is -0.644. The van der Waals surface area contributed by atoms with Crippen molar-refractivity contribution < 1.29 is 13.7 Å². The molecule has 2 aromatic heterocycles. The fraction of sp³-hybridized carbons (Fsp3) is 0. The molecule has 0 atom stereocenters. The minimum atomic E-state index is -0.905. The van der Waals surface area contributed by atoms with Crippen molar-refractivity contribution in [2.45, 2.75) is 0 Å². The van der Waals surface area contributed by atoms with Crippen molar-refractivity contribution in [3.8, 4) is 0 Å². The topological polar surface area (TPSA) is 106 Å². The van der Waals surface area contributed by atoms with Crippen molar-refractivity contribution in [2.75, 3.05) is 10.6 Å². The lowest BCUT2D eigenvalue weighted by Gasteiger charge is -2.09. The average molecular weight is 350 g/mol. The summed E-state index contributed by atoms with van der Waals surface area (Å²) in [4.78, 5) is 22.2. The predicted octanol–water partition coefficient (Wildman–Crippen LogP) is 3.61. The second kappa shape index (κ2) is 6.50. The van der Waals surface area contributed by atoms with Crippen LogP contribution in [0, 0.1) is 21.7 Å². The standard InChI is InChI=1S/C13H8F2N6O2S/c14-7-1-2-9(8(15)5-7)19-11-10(21(22)23)12(18-6-17-11)20-13-16-3-4-24-13/h1-6H,(H2,16,17,18,19,20). The Hall–Kier alpha value is -3.21. The molecule has 3 rings (SSSR count). The molecular formula is C13H8F2N6O2S. The molecule has 0 unspecified atom stereocenters. The van der Waals surface area contributed by atoms with E-state index >= 15 is 0 Å². The third-order valence-electron chi connectivity index (χ3n) is 2.85. The molecule has 0 saturated heterocycles. The molecule has 0 aliphatic carbocycles. The summed E-state index contributed by atoms with van der Waals surface area (Å²) in [5, 5.41) is 18.6. The lowest BCUT2D eigenvalue weighted by Crippen LogP contribution is -2.06. The maximum Gasteiger partial charge on any atom is 0.353 e. The van der Waals surface area contributed by atoms with Crippen LogP contribution in [0.4, 0.5) is 36.9 Å². The van der Waals surface area contributed by atoms with E-state index in [9.17, 15) is 18.9 Å². The Morgan fingerprint density at radius 2 is 1.88 bits per heavy atom. The molecular weight excluding hydrogens is 342 g/mol. The van der Waals surface area contributed by atoms with E-state index in [-0.39, 0.29) is 17.3 Å². The summed E-state index contributed by atoms with van der Waals surface area (Å²) in [6, 6.07) is 2.79. The van der Waals surface area contributed by atoms with Crippen LogP contribution in [0.3, 0.4) is 0 Å². The Morgan fingerprint density at radius 1 is 1.12 bits per heavy atom. The van der Waals surface area contributed by atoms with Gasteiger partial charge in [0.2, 0.25) is 11.6 Å². The Morgan fingerprint density at radius 3 is 2.50 bits per heavy atom. The zero-order valence-electron chi connectivity index (χ0n) is 11.7. The SMILES string of the molecule is O=[N+]([O-])c1c(Nc2nccs2)ncnc1Nc1ccc(F)cc1F. The minimum Gasteiger partial charge on any atom is -0.332 e.